The SMILES string of the molecule is CCc1ccc(NC(=O)c2c(OC)c(N3CCCC3)nc3ccccc23)cc1. The average molecular weight is 375 g/mol. The van der Waals surface area contributed by atoms with Crippen LogP contribution in [0.2, 0.25) is 0 Å². The summed E-state index contributed by atoms with van der Waals surface area (Å²) < 4.78 is 5.73. The van der Waals surface area contributed by atoms with Crippen molar-refractivity contribution >= 4 is 28.3 Å². The van der Waals surface area contributed by atoms with E-state index in [0.29, 0.717) is 11.3 Å². The Labute approximate surface area is 165 Å². The number of nitrogens with one attached hydrogen (secondary N) is 1. The van der Waals surface area contributed by atoms with Gasteiger partial charge in [-0.1, -0.05) is 37.3 Å². The quantitative estimate of drug-likeness (QED) is 0.705. The molecule has 0 unspecified atom stereocenters. The number of aryl methyl sites for hydroxylation is 1. The van der Waals surface area contributed by atoms with Crippen molar-refractivity contribution in [2.24, 2.45) is 0 Å². The normalized spacial score (nSPS) is 13.7. The van der Waals surface area contributed by atoms with E-state index in [4.69, 9.17) is 9.72 Å². The molecule has 1 aliphatic heterocycles. The minimum Gasteiger partial charge on any atom is -0.492 e. The minimum absolute atomic E-state index is 0.180. The fraction of sp³-hybridized carbons (Fsp3) is 0.304. The number of methoxy groups -OCH3 is 1. The number of hydrogen-bond donors (Lipinski definition) is 1. The molecule has 2 aromatic carbocycles. The maximum atomic E-state index is 13.3. The Bertz CT molecular complexity index is 993. The van der Waals surface area contributed by atoms with Gasteiger partial charge in [0.05, 0.1) is 18.2 Å². The van der Waals surface area contributed by atoms with Crippen LogP contribution in [0.25, 0.3) is 10.9 Å². The predicted molar refractivity (Wildman–Crippen MR) is 114 cm³/mol. The molecular weight excluding hydrogens is 350 g/mol. The molecule has 1 aromatic heterocycles. The molecule has 1 aliphatic rings. The number of ether oxygens (including phenoxy) is 1. The second kappa shape index (κ2) is 7.89. The van der Waals surface area contributed by atoms with E-state index in [-0.39, 0.29) is 5.91 Å². The zero-order valence-corrected chi connectivity index (χ0v) is 16.4. The van der Waals surface area contributed by atoms with Gasteiger partial charge in [-0.05, 0) is 43.0 Å². The van der Waals surface area contributed by atoms with Crippen LogP contribution in [0, 0.1) is 0 Å². The summed E-state index contributed by atoms with van der Waals surface area (Å²) in [5.41, 5.74) is 3.35. The summed E-state index contributed by atoms with van der Waals surface area (Å²) in [6.45, 7) is 3.98. The van der Waals surface area contributed by atoms with Crippen molar-refractivity contribution in [3.05, 3.63) is 59.7 Å². The number of anilines is 2. The molecule has 1 amide bonds. The molecule has 1 fully saturated rings. The number of amides is 1. The van der Waals surface area contributed by atoms with E-state index in [1.165, 1.54) is 5.56 Å². The molecule has 0 atom stereocenters. The molecule has 3 aromatic rings. The third-order valence-corrected chi connectivity index (χ3v) is 5.29. The Morgan fingerprint density at radius 1 is 1.11 bits per heavy atom. The molecule has 1 saturated heterocycles. The van der Waals surface area contributed by atoms with E-state index in [0.717, 1.165) is 54.8 Å². The summed E-state index contributed by atoms with van der Waals surface area (Å²) in [4.78, 5) is 20.3. The molecular formula is C23H25N3O2. The zero-order chi connectivity index (χ0) is 19.5. The minimum atomic E-state index is -0.180. The fourth-order valence-corrected chi connectivity index (χ4v) is 3.76. The molecule has 5 heteroatoms. The first kappa shape index (κ1) is 18.3. The first-order valence-electron chi connectivity index (χ1n) is 9.83. The van der Waals surface area contributed by atoms with Gasteiger partial charge in [-0.3, -0.25) is 4.79 Å². The van der Waals surface area contributed by atoms with E-state index >= 15 is 0 Å². The van der Waals surface area contributed by atoms with Crippen LogP contribution < -0.4 is 15.0 Å². The summed E-state index contributed by atoms with van der Waals surface area (Å²) >= 11 is 0. The monoisotopic (exact) mass is 375 g/mol. The summed E-state index contributed by atoms with van der Waals surface area (Å²) in [5, 5.41) is 3.83. The third kappa shape index (κ3) is 3.40. The van der Waals surface area contributed by atoms with Crippen molar-refractivity contribution in [1.82, 2.24) is 4.98 Å². The summed E-state index contributed by atoms with van der Waals surface area (Å²) in [6, 6.07) is 15.7. The Morgan fingerprint density at radius 2 is 1.82 bits per heavy atom. The summed E-state index contributed by atoms with van der Waals surface area (Å²) in [7, 11) is 1.61. The lowest BCUT2D eigenvalue weighted by Crippen LogP contribution is -2.22. The number of pyridine rings is 1. The van der Waals surface area contributed by atoms with E-state index < -0.39 is 0 Å². The summed E-state index contributed by atoms with van der Waals surface area (Å²) in [5.74, 6) is 1.12. The van der Waals surface area contributed by atoms with E-state index in [2.05, 4.69) is 17.1 Å². The van der Waals surface area contributed by atoms with Crippen molar-refractivity contribution in [3.8, 4) is 5.75 Å². The van der Waals surface area contributed by atoms with Crippen molar-refractivity contribution in [2.45, 2.75) is 26.2 Å². The maximum absolute atomic E-state index is 13.3. The third-order valence-electron chi connectivity index (χ3n) is 5.29. The second-order valence-corrected chi connectivity index (χ2v) is 7.06. The number of rotatable bonds is 5. The standard InChI is InChI=1S/C23H25N3O2/c1-3-16-10-12-17(13-11-16)24-23(27)20-18-8-4-5-9-19(18)25-22(21(20)28-2)26-14-6-7-15-26/h4-5,8-13H,3,6-7,14-15H2,1-2H3,(H,24,27). The Morgan fingerprint density at radius 3 is 2.50 bits per heavy atom. The van der Waals surface area contributed by atoms with Crippen LogP contribution in [-0.4, -0.2) is 31.1 Å². The van der Waals surface area contributed by atoms with E-state index in [1.807, 2.05) is 48.5 Å². The molecule has 2 heterocycles. The lowest BCUT2D eigenvalue weighted by atomic mass is 10.1. The number of nitrogens with zero attached hydrogens (tertiary/aromatic N) is 2. The van der Waals surface area contributed by atoms with Gasteiger partial charge in [0.15, 0.2) is 11.6 Å². The van der Waals surface area contributed by atoms with Gasteiger partial charge in [0.25, 0.3) is 5.91 Å². The maximum Gasteiger partial charge on any atom is 0.260 e. The van der Waals surface area contributed by atoms with Gasteiger partial charge in [-0.15, -0.1) is 0 Å². The number of benzene rings is 2. The largest absolute Gasteiger partial charge is 0.492 e. The number of carbonyl (C=O) groups is 1. The van der Waals surface area contributed by atoms with Crippen LogP contribution in [0.1, 0.15) is 35.7 Å². The van der Waals surface area contributed by atoms with Crippen LogP contribution in [0.3, 0.4) is 0 Å². The molecule has 4 rings (SSSR count). The van der Waals surface area contributed by atoms with Crippen molar-refractivity contribution in [2.75, 3.05) is 30.4 Å². The van der Waals surface area contributed by atoms with Crippen LogP contribution in [-0.2, 0) is 6.42 Å². The molecule has 28 heavy (non-hydrogen) atoms. The van der Waals surface area contributed by atoms with Crippen molar-refractivity contribution < 1.29 is 9.53 Å². The van der Waals surface area contributed by atoms with Gasteiger partial charge in [0, 0.05) is 24.2 Å². The van der Waals surface area contributed by atoms with Gasteiger partial charge in [0.2, 0.25) is 0 Å². The highest BCUT2D eigenvalue weighted by molar-refractivity contribution is 6.15. The number of hydrogen-bond acceptors (Lipinski definition) is 4. The predicted octanol–water partition coefficient (Wildman–Crippen LogP) is 4.66. The fourth-order valence-electron chi connectivity index (χ4n) is 3.76. The van der Waals surface area contributed by atoms with E-state index in [1.54, 1.807) is 7.11 Å². The molecule has 0 bridgehead atoms. The first-order valence-corrected chi connectivity index (χ1v) is 9.83. The van der Waals surface area contributed by atoms with Crippen LogP contribution >= 0.6 is 0 Å². The van der Waals surface area contributed by atoms with E-state index in [9.17, 15) is 4.79 Å². The lowest BCUT2D eigenvalue weighted by Gasteiger charge is -2.22. The molecule has 0 aliphatic carbocycles. The summed E-state index contributed by atoms with van der Waals surface area (Å²) in [6.07, 6.45) is 3.22. The molecule has 0 saturated carbocycles. The lowest BCUT2D eigenvalue weighted by molar-refractivity contribution is 0.102. The molecule has 144 valence electrons. The first-order chi connectivity index (χ1) is 13.7. The highest BCUT2D eigenvalue weighted by Gasteiger charge is 2.26. The second-order valence-electron chi connectivity index (χ2n) is 7.06. The Kier molecular flexibility index (Phi) is 5.15. The molecule has 0 spiro atoms. The molecule has 0 radical (unpaired) electrons. The zero-order valence-electron chi connectivity index (χ0n) is 16.4. The van der Waals surface area contributed by atoms with Gasteiger partial charge in [-0.25, -0.2) is 4.98 Å². The van der Waals surface area contributed by atoms with Crippen LogP contribution in [0.15, 0.2) is 48.5 Å². The van der Waals surface area contributed by atoms with Gasteiger partial charge >= 0.3 is 0 Å². The Balaban J connectivity index is 1.79. The average Bonchev–Trinajstić information content (AvgIpc) is 3.27. The molecule has 5 nitrogen and oxygen atoms in total. The van der Waals surface area contributed by atoms with Crippen LogP contribution in [0.5, 0.6) is 5.75 Å². The highest BCUT2D eigenvalue weighted by Crippen LogP contribution is 2.37. The number of para-hydroxylation sites is 1. The Hall–Kier alpha value is -3.08. The van der Waals surface area contributed by atoms with Crippen LogP contribution in [0.4, 0.5) is 11.5 Å². The topological polar surface area (TPSA) is 54.5 Å². The smallest absolute Gasteiger partial charge is 0.260 e. The van der Waals surface area contributed by atoms with Crippen molar-refractivity contribution in [1.29, 1.82) is 0 Å². The number of carbonyl (C=O) groups excluding carboxylic acids is 1. The highest BCUT2D eigenvalue weighted by atomic mass is 16.5. The number of aromatic nitrogens is 1. The van der Waals surface area contributed by atoms with Crippen molar-refractivity contribution in [3.63, 3.8) is 0 Å². The number of fused-ring (bicyclic) bond motifs is 1. The van der Waals surface area contributed by atoms with Gasteiger partial charge in [0.1, 0.15) is 0 Å². The van der Waals surface area contributed by atoms with Gasteiger partial charge in [-0.2, -0.15) is 0 Å². The molecule has 1 N–H and O–H groups in total. The van der Waals surface area contributed by atoms with Gasteiger partial charge < -0.3 is 15.0 Å².